The van der Waals surface area contributed by atoms with Gasteiger partial charge in [-0.3, -0.25) is 0 Å². The lowest BCUT2D eigenvalue weighted by Crippen LogP contribution is -2.45. The number of likely N-dealkylation sites (tertiary alicyclic amines) is 1. The second-order valence-corrected chi connectivity index (χ2v) is 11.9. The van der Waals surface area contributed by atoms with Gasteiger partial charge >= 0.3 is 6.09 Å². The monoisotopic (exact) mass is 521 g/mol. The lowest BCUT2D eigenvalue weighted by molar-refractivity contribution is 0.0551. The van der Waals surface area contributed by atoms with Crippen LogP contribution in [-0.2, 0) is 10.0 Å². The van der Waals surface area contributed by atoms with E-state index in [1.165, 1.54) is 16.4 Å². The molecule has 3 rings (SSSR count). The van der Waals surface area contributed by atoms with E-state index in [9.17, 15) is 17.6 Å². The molecule has 1 aliphatic heterocycles. The average molecular weight is 522 g/mol. The van der Waals surface area contributed by atoms with Crippen LogP contribution in [0.15, 0.2) is 41.4 Å². The molecule has 1 aromatic carbocycles. The number of carboxylic acid groups (broad SMARTS) is 1. The minimum Gasteiger partial charge on any atom is -0.493 e. The normalized spacial score (nSPS) is 18.5. The number of hydrogen-bond donors (Lipinski definition) is 1. The quantitative estimate of drug-likeness (QED) is 0.494. The fourth-order valence-electron chi connectivity index (χ4n) is 4.15. The highest BCUT2D eigenvalue weighted by molar-refractivity contribution is 7.92. The highest BCUT2D eigenvalue weighted by atomic mass is 32.2. The van der Waals surface area contributed by atoms with Crippen molar-refractivity contribution < 1.29 is 27.4 Å². The van der Waals surface area contributed by atoms with Crippen LogP contribution >= 0.6 is 0 Å². The molecule has 0 aliphatic carbocycles. The van der Waals surface area contributed by atoms with Crippen LogP contribution in [0.5, 0.6) is 5.75 Å². The van der Waals surface area contributed by atoms with Gasteiger partial charge in [-0.2, -0.15) is 0 Å². The largest absolute Gasteiger partial charge is 0.493 e. The molecular formula is C26H36FN3O5S. The van der Waals surface area contributed by atoms with Crippen LogP contribution in [0, 0.1) is 18.8 Å². The highest BCUT2D eigenvalue weighted by Crippen LogP contribution is 2.29. The van der Waals surface area contributed by atoms with E-state index in [2.05, 4.69) is 18.8 Å². The Hall–Kier alpha value is -2.88. The number of carbonyl (C=O) groups is 1. The SMILES string of the molecule is Cc1cc(C(C)C)cnc1N(CC(C)C)S(=O)(=O)c1ccc(OCC2CCN(C(=O)O)CC2F)cc1. The number of anilines is 1. The summed E-state index contributed by atoms with van der Waals surface area (Å²) in [7, 11) is -3.89. The zero-order valence-electron chi connectivity index (χ0n) is 21.5. The Balaban J connectivity index is 1.75. The smallest absolute Gasteiger partial charge is 0.407 e. The van der Waals surface area contributed by atoms with E-state index in [1.54, 1.807) is 18.3 Å². The fraction of sp³-hybridized carbons (Fsp3) is 0.538. The van der Waals surface area contributed by atoms with Crippen molar-refractivity contribution >= 4 is 21.9 Å². The summed E-state index contributed by atoms with van der Waals surface area (Å²) in [6.07, 6.45) is -0.337. The molecule has 0 saturated carbocycles. The molecule has 0 bridgehead atoms. The van der Waals surface area contributed by atoms with Gasteiger partial charge in [0.1, 0.15) is 17.7 Å². The van der Waals surface area contributed by atoms with Crippen LogP contribution in [0.25, 0.3) is 0 Å². The van der Waals surface area contributed by atoms with Gasteiger partial charge in [0.05, 0.1) is 18.0 Å². The van der Waals surface area contributed by atoms with E-state index in [0.29, 0.717) is 18.0 Å². The van der Waals surface area contributed by atoms with E-state index in [0.717, 1.165) is 16.0 Å². The minimum atomic E-state index is -3.89. The molecule has 1 aliphatic rings. The Morgan fingerprint density at radius 2 is 1.92 bits per heavy atom. The first-order valence-corrected chi connectivity index (χ1v) is 13.7. The van der Waals surface area contributed by atoms with Gasteiger partial charge in [0.15, 0.2) is 0 Å². The molecule has 1 amide bonds. The Labute approximate surface area is 213 Å². The van der Waals surface area contributed by atoms with Gasteiger partial charge in [-0.25, -0.2) is 26.9 Å². The summed E-state index contributed by atoms with van der Waals surface area (Å²) in [6, 6.07) is 8.06. The Bertz CT molecular complexity index is 1150. The number of halogens is 1. The molecule has 0 spiro atoms. The Morgan fingerprint density at radius 3 is 2.44 bits per heavy atom. The van der Waals surface area contributed by atoms with E-state index in [-0.39, 0.29) is 43.0 Å². The van der Waals surface area contributed by atoms with E-state index < -0.39 is 28.2 Å². The van der Waals surface area contributed by atoms with E-state index in [4.69, 9.17) is 9.84 Å². The zero-order chi connectivity index (χ0) is 26.6. The number of hydrogen-bond acceptors (Lipinski definition) is 5. The molecule has 1 saturated heterocycles. The van der Waals surface area contributed by atoms with Crippen molar-refractivity contribution in [1.82, 2.24) is 9.88 Å². The molecule has 8 nitrogen and oxygen atoms in total. The number of amides is 1. The number of nitrogens with zero attached hydrogens (tertiary/aromatic N) is 3. The Morgan fingerprint density at radius 1 is 1.25 bits per heavy atom. The van der Waals surface area contributed by atoms with Gasteiger partial charge in [-0.1, -0.05) is 33.8 Å². The molecule has 36 heavy (non-hydrogen) atoms. The maximum atomic E-state index is 14.4. The number of aromatic nitrogens is 1. The molecule has 10 heteroatoms. The Kier molecular flexibility index (Phi) is 8.81. The van der Waals surface area contributed by atoms with Gasteiger partial charge in [0.25, 0.3) is 10.0 Å². The third kappa shape index (κ3) is 6.46. The molecule has 2 unspecified atom stereocenters. The number of alkyl halides is 1. The summed E-state index contributed by atoms with van der Waals surface area (Å²) in [4.78, 5) is 16.7. The molecule has 2 aromatic rings. The fourth-order valence-corrected chi connectivity index (χ4v) is 5.80. The van der Waals surface area contributed by atoms with Crippen LogP contribution in [0.1, 0.15) is 51.2 Å². The van der Waals surface area contributed by atoms with Crippen LogP contribution < -0.4 is 9.04 Å². The van der Waals surface area contributed by atoms with Crippen molar-refractivity contribution in [2.45, 2.75) is 58.0 Å². The molecule has 0 radical (unpaired) electrons. The summed E-state index contributed by atoms with van der Waals surface area (Å²) in [5.41, 5.74) is 1.84. The number of aryl methyl sites for hydroxylation is 1. The minimum absolute atomic E-state index is 0.0783. The topological polar surface area (TPSA) is 100 Å². The van der Waals surface area contributed by atoms with Gasteiger partial charge in [0.2, 0.25) is 0 Å². The van der Waals surface area contributed by atoms with E-state index >= 15 is 0 Å². The summed E-state index contributed by atoms with van der Waals surface area (Å²) < 4.78 is 48.7. The zero-order valence-corrected chi connectivity index (χ0v) is 22.3. The van der Waals surface area contributed by atoms with Crippen molar-refractivity contribution in [3.05, 3.63) is 47.7 Å². The van der Waals surface area contributed by atoms with Crippen molar-refractivity contribution in [1.29, 1.82) is 0 Å². The molecule has 1 fully saturated rings. The highest BCUT2D eigenvalue weighted by Gasteiger charge is 2.32. The molecule has 198 valence electrons. The predicted molar refractivity (Wildman–Crippen MR) is 137 cm³/mol. The van der Waals surface area contributed by atoms with Crippen LogP contribution in [0.2, 0.25) is 0 Å². The number of benzene rings is 1. The third-order valence-corrected chi connectivity index (χ3v) is 8.10. The predicted octanol–water partition coefficient (Wildman–Crippen LogP) is 5.08. The summed E-state index contributed by atoms with van der Waals surface area (Å²) in [5.74, 6) is 0.774. The standard InChI is InChI=1S/C26H36FN3O5S/c1-17(2)14-30(25-19(5)12-21(13-28-25)18(3)4)36(33,34)23-8-6-22(7-9-23)35-16-20-10-11-29(26(31)32)15-24(20)27/h6-9,12-13,17-18,20,24H,10-11,14-16H2,1-5H3,(H,31,32). The number of pyridine rings is 1. The second-order valence-electron chi connectivity index (χ2n) is 10.1. The molecule has 1 aromatic heterocycles. The second kappa shape index (κ2) is 11.5. The molecule has 1 N–H and O–H groups in total. The molecule has 2 heterocycles. The van der Waals surface area contributed by atoms with Crippen LogP contribution in [-0.4, -0.2) is 61.9 Å². The number of ether oxygens (including phenoxy) is 1. The van der Waals surface area contributed by atoms with E-state index in [1.807, 2.05) is 26.8 Å². The van der Waals surface area contributed by atoms with Gasteiger partial charge in [-0.05, 0) is 60.6 Å². The van der Waals surface area contributed by atoms with Gasteiger partial charge < -0.3 is 14.7 Å². The maximum Gasteiger partial charge on any atom is 0.407 e. The lowest BCUT2D eigenvalue weighted by atomic mass is 9.96. The van der Waals surface area contributed by atoms with Crippen molar-refractivity contribution in [2.24, 2.45) is 11.8 Å². The average Bonchev–Trinajstić information content (AvgIpc) is 2.81. The number of sulfonamides is 1. The van der Waals surface area contributed by atoms with Crippen LogP contribution in [0.3, 0.4) is 0 Å². The van der Waals surface area contributed by atoms with Gasteiger partial charge in [0, 0.05) is 25.2 Å². The first kappa shape index (κ1) is 27.7. The molecular weight excluding hydrogens is 485 g/mol. The number of rotatable bonds is 9. The van der Waals surface area contributed by atoms with Crippen molar-refractivity contribution in [3.8, 4) is 5.75 Å². The summed E-state index contributed by atoms with van der Waals surface area (Å²) >= 11 is 0. The molecule has 2 atom stereocenters. The maximum absolute atomic E-state index is 14.4. The van der Waals surface area contributed by atoms with Crippen LogP contribution in [0.4, 0.5) is 15.0 Å². The first-order valence-electron chi connectivity index (χ1n) is 12.2. The van der Waals surface area contributed by atoms with Crippen molar-refractivity contribution in [3.63, 3.8) is 0 Å². The van der Waals surface area contributed by atoms with Crippen molar-refractivity contribution in [2.75, 3.05) is 30.5 Å². The number of piperidine rings is 1. The third-order valence-electron chi connectivity index (χ3n) is 6.33. The summed E-state index contributed by atoms with van der Waals surface area (Å²) in [6.45, 7) is 10.4. The first-order chi connectivity index (χ1) is 16.9. The van der Waals surface area contributed by atoms with Gasteiger partial charge in [-0.15, -0.1) is 0 Å². The lowest BCUT2D eigenvalue weighted by Gasteiger charge is -2.32. The summed E-state index contributed by atoms with van der Waals surface area (Å²) in [5, 5.41) is 9.02.